The second kappa shape index (κ2) is 5.37. The van der Waals surface area contributed by atoms with Crippen LogP contribution in [0.1, 0.15) is 13.8 Å². The molecular formula is C11H16ClFN2O. The molecule has 1 aromatic carbocycles. The molecule has 0 aromatic heterocycles. The Kier molecular flexibility index (Phi) is 4.38. The van der Waals surface area contributed by atoms with Crippen molar-refractivity contribution >= 4 is 23.0 Å². The highest BCUT2D eigenvalue weighted by Crippen LogP contribution is 2.30. The highest BCUT2D eigenvalue weighted by atomic mass is 35.5. The maximum absolute atomic E-state index is 13.3. The van der Waals surface area contributed by atoms with Gasteiger partial charge in [-0.1, -0.05) is 11.6 Å². The highest BCUT2D eigenvalue weighted by molar-refractivity contribution is 6.31. The number of nitrogen functional groups attached to an aromatic ring is 1. The summed E-state index contributed by atoms with van der Waals surface area (Å²) in [4.78, 5) is 1.83. The molecule has 0 aliphatic heterocycles. The van der Waals surface area contributed by atoms with Crippen LogP contribution in [0.4, 0.5) is 15.8 Å². The average molecular weight is 247 g/mol. The Morgan fingerprint density at radius 2 is 2.12 bits per heavy atom. The SMILES string of the molecule is CC(C)N(CCO)c1cc(F)c(Cl)cc1N. The third-order valence-electron chi connectivity index (χ3n) is 2.34. The molecule has 0 heterocycles. The quantitative estimate of drug-likeness (QED) is 0.802. The van der Waals surface area contributed by atoms with E-state index >= 15 is 0 Å². The van der Waals surface area contributed by atoms with Crippen molar-refractivity contribution in [3.63, 3.8) is 0 Å². The molecule has 0 radical (unpaired) electrons. The summed E-state index contributed by atoms with van der Waals surface area (Å²) in [5, 5.41) is 8.97. The Labute approximate surface area is 99.6 Å². The van der Waals surface area contributed by atoms with Crippen molar-refractivity contribution in [2.24, 2.45) is 0 Å². The number of halogens is 2. The van der Waals surface area contributed by atoms with Gasteiger partial charge in [0.05, 0.1) is 23.0 Å². The number of rotatable bonds is 4. The number of anilines is 2. The Morgan fingerprint density at radius 1 is 1.50 bits per heavy atom. The molecule has 0 spiro atoms. The van der Waals surface area contributed by atoms with Crippen LogP contribution in [-0.4, -0.2) is 24.3 Å². The zero-order chi connectivity index (χ0) is 12.3. The zero-order valence-corrected chi connectivity index (χ0v) is 10.1. The van der Waals surface area contributed by atoms with Crippen molar-refractivity contribution in [1.82, 2.24) is 0 Å². The molecule has 0 unspecified atom stereocenters. The molecule has 0 saturated carbocycles. The van der Waals surface area contributed by atoms with E-state index in [4.69, 9.17) is 22.4 Å². The Hall–Kier alpha value is -1.00. The predicted octanol–water partition coefficient (Wildman–Crippen LogP) is 2.27. The summed E-state index contributed by atoms with van der Waals surface area (Å²) >= 11 is 5.62. The molecule has 0 amide bonds. The first-order chi connectivity index (χ1) is 7.47. The summed E-state index contributed by atoms with van der Waals surface area (Å²) in [5.41, 5.74) is 6.76. The first kappa shape index (κ1) is 13.1. The van der Waals surface area contributed by atoms with Crippen molar-refractivity contribution in [3.8, 4) is 0 Å². The van der Waals surface area contributed by atoms with E-state index in [1.807, 2.05) is 18.7 Å². The topological polar surface area (TPSA) is 49.5 Å². The zero-order valence-electron chi connectivity index (χ0n) is 9.37. The van der Waals surface area contributed by atoms with Crippen LogP contribution in [0.5, 0.6) is 0 Å². The summed E-state index contributed by atoms with van der Waals surface area (Å²) in [6.45, 7) is 4.29. The van der Waals surface area contributed by atoms with Crippen molar-refractivity contribution in [3.05, 3.63) is 23.0 Å². The first-order valence-electron chi connectivity index (χ1n) is 5.09. The van der Waals surface area contributed by atoms with E-state index in [1.165, 1.54) is 12.1 Å². The summed E-state index contributed by atoms with van der Waals surface area (Å²) < 4.78 is 13.3. The van der Waals surface area contributed by atoms with Crippen molar-refractivity contribution in [2.75, 3.05) is 23.8 Å². The van der Waals surface area contributed by atoms with E-state index in [-0.39, 0.29) is 17.7 Å². The van der Waals surface area contributed by atoms with Crippen LogP contribution in [0.25, 0.3) is 0 Å². The predicted molar refractivity (Wildman–Crippen MR) is 65.4 cm³/mol. The van der Waals surface area contributed by atoms with E-state index in [0.717, 1.165) is 0 Å². The molecule has 0 atom stereocenters. The van der Waals surface area contributed by atoms with Crippen LogP contribution >= 0.6 is 11.6 Å². The van der Waals surface area contributed by atoms with Gasteiger partial charge < -0.3 is 15.7 Å². The highest BCUT2D eigenvalue weighted by Gasteiger charge is 2.15. The van der Waals surface area contributed by atoms with E-state index in [9.17, 15) is 4.39 Å². The van der Waals surface area contributed by atoms with Gasteiger partial charge in [0.2, 0.25) is 0 Å². The Morgan fingerprint density at radius 3 is 2.62 bits per heavy atom. The van der Waals surface area contributed by atoms with Crippen LogP contribution in [0.15, 0.2) is 12.1 Å². The number of nitrogens with zero attached hydrogens (tertiary/aromatic N) is 1. The van der Waals surface area contributed by atoms with Crippen LogP contribution in [0, 0.1) is 5.82 Å². The molecule has 1 rings (SSSR count). The van der Waals surface area contributed by atoms with Crippen molar-refractivity contribution < 1.29 is 9.50 Å². The number of aliphatic hydroxyl groups excluding tert-OH is 1. The van der Waals surface area contributed by atoms with Crippen LogP contribution in [0.2, 0.25) is 5.02 Å². The van der Waals surface area contributed by atoms with Gasteiger partial charge in [0.15, 0.2) is 0 Å². The first-order valence-corrected chi connectivity index (χ1v) is 5.47. The molecule has 0 saturated heterocycles. The molecule has 90 valence electrons. The number of aliphatic hydroxyl groups is 1. The average Bonchev–Trinajstić information content (AvgIpc) is 2.20. The van der Waals surface area contributed by atoms with Crippen molar-refractivity contribution in [1.29, 1.82) is 0 Å². The molecule has 3 nitrogen and oxygen atoms in total. The fraction of sp³-hybridized carbons (Fsp3) is 0.455. The molecule has 1 aromatic rings. The molecular weight excluding hydrogens is 231 g/mol. The standard InChI is InChI=1S/C11H16ClFN2O/c1-7(2)15(3-4-16)11-6-9(13)8(12)5-10(11)14/h5-7,16H,3-4,14H2,1-2H3. The fourth-order valence-electron chi connectivity index (χ4n) is 1.57. The third kappa shape index (κ3) is 2.77. The molecule has 0 aliphatic carbocycles. The number of nitrogens with two attached hydrogens (primary N) is 1. The van der Waals surface area contributed by atoms with Gasteiger partial charge in [-0.25, -0.2) is 4.39 Å². The lowest BCUT2D eigenvalue weighted by Gasteiger charge is -2.29. The summed E-state index contributed by atoms with van der Waals surface area (Å²) in [6, 6.07) is 2.81. The molecule has 0 aliphatic rings. The number of hydrogen-bond acceptors (Lipinski definition) is 3. The van der Waals surface area contributed by atoms with Crippen LogP contribution in [0.3, 0.4) is 0 Å². The maximum atomic E-state index is 13.3. The monoisotopic (exact) mass is 246 g/mol. The van der Waals surface area contributed by atoms with Gasteiger partial charge >= 0.3 is 0 Å². The third-order valence-corrected chi connectivity index (χ3v) is 2.63. The minimum atomic E-state index is -0.505. The Balaban J connectivity index is 3.13. The van der Waals surface area contributed by atoms with Crippen molar-refractivity contribution in [2.45, 2.75) is 19.9 Å². The van der Waals surface area contributed by atoms with E-state index in [1.54, 1.807) is 0 Å². The second-order valence-electron chi connectivity index (χ2n) is 3.84. The molecule has 0 bridgehead atoms. The van der Waals surface area contributed by atoms with Gasteiger partial charge in [-0.05, 0) is 19.9 Å². The summed E-state index contributed by atoms with van der Waals surface area (Å²) in [7, 11) is 0. The van der Waals surface area contributed by atoms with Gasteiger partial charge in [0.1, 0.15) is 5.82 Å². The molecule has 0 fully saturated rings. The molecule has 3 N–H and O–H groups in total. The fourth-order valence-corrected chi connectivity index (χ4v) is 1.74. The second-order valence-corrected chi connectivity index (χ2v) is 4.24. The Bertz CT molecular complexity index is 371. The van der Waals surface area contributed by atoms with E-state index in [0.29, 0.717) is 17.9 Å². The van der Waals surface area contributed by atoms with Gasteiger partial charge in [-0.2, -0.15) is 0 Å². The summed E-state index contributed by atoms with van der Waals surface area (Å²) in [6.07, 6.45) is 0. The van der Waals surface area contributed by atoms with Gasteiger partial charge in [-0.3, -0.25) is 0 Å². The minimum absolute atomic E-state index is 0.00829. The van der Waals surface area contributed by atoms with Crippen LogP contribution in [-0.2, 0) is 0 Å². The lowest BCUT2D eigenvalue weighted by molar-refractivity contribution is 0.299. The minimum Gasteiger partial charge on any atom is -0.397 e. The maximum Gasteiger partial charge on any atom is 0.144 e. The largest absolute Gasteiger partial charge is 0.397 e. The van der Waals surface area contributed by atoms with Gasteiger partial charge in [0.25, 0.3) is 0 Å². The molecule has 5 heteroatoms. The number of hydrogen-bond donors (Lipinski definition) is 2. The van der Waals surface area contributed by atoms with Crippen LogP contribution < -0.4 is 10.6 Å². The smallest absolute Gasteiger partial charge is 0.144 e. The van der Waals surface area contributed by atoms with E-state index < -0.39 is 5.82 Å². The number of benzene rings is 1. The normalized spacial score (nSPS) is 10.9. The van der Waals surface area contributed by atoms with Gasteiger partial charge in [-0.15, -0.1) is 0 Å². The summed E-state index contributed by atoms with van der Waals surface area (Å²) in [5.74, 6) is -0.505. The lowest BCUT2D eigenvalue weighted by atomic mass is 10.2. The van der Waals surface area contributed by atoms with Gasteiger partial charge in [0, 0.05) is 18.7 Å². The lowest BCUT2D eigenvalue weighted by Crippen LogP contribution is -2.34. The molecule has 16 heavy (non-hydrogen) atoms. The van der Waals surface area contributed by atoms with E-state index in [2.05, 4.69) is 0 Å².